The van der Waals surface area contributed by atoms with Crippen LogP contribution in [0.15, 0.2) is 12.3 Å². The van der Waals surface area contributed by atoms with Gasteiger partial charge in [0.05, 0.1) is 5.69 Å². The molecule has 2 atom stereocenters. The molecule has 1 aromatic heterocycles. The minimum atomic E-state index is 0.519. The third-order valence-electron chi connectivity index (χ3n) is 3.77. The highest BCUT2D eigenvalue weighted by Gasteiger charge is 2.14. The van der Waals surface area contributed by atoms with Crippen LogP contribution in [0.2, 0.25) is 0 Å². The lowest BCUT2D eigenvalue weighted by Gasteiger charge is -2.21. The number of nitrogens with one attached hydrogen (secondary N) is 2. The number of aromatic nitrogens is 2. The molecule has 0 saturated carbocycles. The Hall–Kier alpha value is -1.00. The van der Waals surface area contributed by atoms with Gasteiger partial charge in [-0.05, 0) is 45.7 Å². The van der Waals surface area contributed by atoms with Gasteiger partial charge in [0.2, 0.25) is 0 Å². The van der Waals surface area contributed by atoms with Crippen LogP contribution >= 0.6 is 0 Å². The lowest BCUT2D eigenvalue weighted by Crippen LogP contribution is -2.36. The molecule has 2 N–H and O–H groups in total. The largest absolute Gasteiger partial charge is 0.314 e. The Kier molecular flexibility index (Phi) is 5.73. The summed E-state index contributed by atoms with van der Waals surface area (Å²) in [4.78, 5) is 8.54. The Morgan fingerprint density at radius 1 is 1.42 bits per heavy atom. The van der Waals surface area contributed by atoms with E-state index >= 15 is 0 Å². The fourth-order valence-corrected chi connectivity index (χ4v) is 2.69. The van der Waals surface area contributed by atoms with E-state index in [0.29, 0.717) is 12.1 Å². The van der Waals surface area contributed by atoms with E-state index in [2.05, 4.69) is 27.5 Å². The SMILES string of the molecule is Cc1nccc(CNC(C)CC2CCCCCN2)n1. The molecule has 0 spiro atoms. The van der Waals surface area contributed by atoms with E-state index in [1.54, 1.807) is 0 Å². The molecule has 2 heterocycles. The minimum absolute atomic E-state index is 0.519. The average molecular weight is 262 g/mol. The van der Waals surface area contributed by atoms with Crippen molar-refractivity contribution in [3.63, 3.8) is 0 Å². The van der Waals surface area contributed by atoms with Gasteiger partial charge in [0.25, 0.3) is 0 Å². The van der Waals surface area contributed by atoms with Gasteiger partial charge in [0, 0.05) is 24.8 Å². The van der Waals surface area contributed by atoms with Crippen molar-refractivity contribution < 1.29 is 0 Å². The first-order valence-electron chi connectivity index (χ1n) is 7.49. The summed E-state index contributed by atoms with van der Waals surface area (Å²) in [6.07, 6.45) is 8.43. The Balaban J connectivity index is 1.73. The number of hydrogen-bond donors (Lipinski definition) is 2. The summed E-state index contributed by atoms with van der Waals surface area (Å²) in [5.74, 6) is 0.845. The molecule has 0 aliphatic carbocycles. The second-order valence-corrected chi connectivity index (χ2v) is 5.61. The van der Waals surface area contributed by atoms with E-state index in [0.717, 1.165) is 18.1 Å². The predicted octanol–water partition coefficient (Wildman–Crippen LogP) is 2.19. The molecule has 19 heavy (non-hydrogen) atoms. The zero-order valence-electron chi connectivity index (χ0n) is 12.2. The maximum absolute atomic E-state index is 4.42. The van der Waals surface area contributed by atoms with Gasteiger partial charge in [-0.2, -0.15) is 0 Å². The van der Waals surface area contributed by atoms with Gasteiger partial charge >= 0.3 is 0 Å². The van der Waals surface area contributed by atoms with Crippen molar-refractivity contribution in [3.05, 3.63) is 23.8 Å². The highest BCUT2D eigenvalue weighted by Crippen LogP contribution is 2.12. The fourth-order valence-electron chi connectivity index (χ4n) is 2.69. The highest BCUT2D eigenvalue weighted by molar-refractivity contribution is 5.01. The van der Waals surface area contributed by atoms with Crippen LogP contribution in [0.5, 0.6) is 0 Å². The normalized spacial score (nSPS) is 21.9. The molecular weight excluding hydrogens is 236 g/mol. The molecule has 0 radical (unpaired) electrons. The third-order valence-corrected chi connectivity index (χ3v) is 3.77. The molecule has 1 fully saturated rings. The molecule has 0 amide bonds. The number of aryl methyl sites for hydroxylation is 1. The van der Waals surface area contributed by atoms with Crippen molar-refractivity contribution in [1.29, 1.82) is 0 Å². The van der Waals surface area contributed by atoms with Crippen LogP contribution < -0.4 is 10.6 Å². The summed E-state index contributed by atoms with van der Waals surface area (Å²) in [6, 6.07) is 3.18. The van der Waals surface area contributed by atoms with Gasteiger partial charge in [-0.25, -0.2) is 9.97 Å². The maximum Gasteiger partial charge on any atom is 0.125 e. The van der Waals surface area contributed by atoms with Crippen LogP contribution in [-0.4, -0.2) is 28.6 Å². The van der Waals surface area contributed by atoms with Gasteiger partial charge in [-0.3, -0.25) is 0 Å². The lowest BCUT2D eigenvalue weighted by atomic mass is 10.0. The summed E-state index contributed by atoms with van der Waals surface area (Å²) in [5.41, 5.74) is 1.08. The van der Waals surface area contributed by atoms with Crippen LogP contribution in [-0.2, 0) is 6.54 Å². The Labute approximate surface area is 116 Å². The summed E-state index contributed by atoms with van der Waals surface area (Å²) in [7, 11) is 0. The first kappa shape index (κ1) is 14.4. The van der Waals surface area contributed by atoms with Gasteiger partial charge in [-0.15, -0.1) is 0 Å². The second-order valence-electron chi connectivity index (χ2n) is 5.61. The fraction of sp³-hybridized carbons (Fsp3) is 0.733. The van der Waals surface area contributed by atoms with Gasteiger partial charge in [0.1, 0.15) is 5.82 Å². The summed E-state index contributed by atoms with van der Waals surface area (Å²) < 4.78 is 0. The number of nitrogens with zero attached hydrogens (tertiary/aromatic N) is 2. The minimum Gasteiger partial charge on any atom is -0.314 e. The standard InChI is InChI=1S/C15H26N4/c1-12(10-14-6-4-3-5-8-17-14)18-11-15-7-9-16-13(2)19-15/h7,9,12,14,17-18H,3-6,8,10-11H2,1-2H3. The van der Waals surface area contributed by atoms with E-state index in [4.69, 9.17) is 0 Å². The summed E-state index contributed by atoms with van der Waals surface area (Å²) >= 11 is 0. The van der Waals surface area contributed by atoms with Gasteiger partial charge < -0.3 is 10.6 Å². The summed E-state index contributed by atoms with van der Waals surface area (Å²) in [6.45, 7) is 6.21. The Morgan fingerprint density at radius 2 is 2.32 bits per heavy atom. The van der Waals surface area contributed by atoms with Gasteiger partial charge in [0.15, 0.2) is 0 Å². The molecule has 1 aliphatic rings. The van der Waals surface area contributed by atoms with Crippen LogP contribution in [0.25, 0.3) is 0 Å². The topological polar surface area (TPSA) is 49.8 Å². The molecule has 1 aromatic rings. The molecule has 2 rings (SSSR count). The molecule has 2 unspecified atom stereocenters. The smallest absolute Gasteiger partial charge is 0.125 e. The van der Waals surface area contributed by atoms with Crippen molar-refractivity contribution in [1.82, 2.24) is 20.6 Å². The molecule has 0 aromatic carbocycles. The first-order valence-corrected chi connectivity index (χ1v) is 7.49. The summed E-state index contributed by atoms with van der Waals surface area (Å²) in [5, 5.41) is 7.22. The van der Waals surface area contributed by atoms with E-state index in [9.17, 15) is 0 Å². The quantitative estimate of drug-likeness (QED) is 0.854. The van der Waals surface area contributed by atoms with Crippen LogP contribution in [0.4, 0.5) is 0 Å². The van der Waals surface area contributed by atoms with Crippen molar-refractivity contribution >= 4 is 0 Å². The molecule has 0 bridgehead atoms. The molecular formula is C15H26N4. The van der Waals surface area contributed by atoms with Crippen molar-refractivity contribution in [2.24, 2.45) is 0 Å². The first-order chi connectivity index (χ1) is 9.24. The lowest BCUT2D eigenvalue weighted by molar-refractivity contribution is 0.401. The predicted molar refractivity (Wildman–Crippen MR) is 77.9 cm³/mol. The van der Waals surface area contributed by atoms with Gasteiger partial charge in [-0.1, -0.05) is 12.8 Å². The van der Waals surface area contributed by atoms with Crippen molar-refractivity contribution in [2.75, 3.05) is 6.54 Å². The van der Waals surface area contributed by atoms with E-state index in [-0.39, 0.29) is 0 Å². The Morgan fingerprint density at radius 3 is 3.16 bits per heavy atom. The number of hydrogen-bond acceptors (Lipinski definition) is 4. The van der Waals surface area contributed by atoms with E-state index in [1.165, 1.54) is 38.6 Å². The molecule has 1 aliphatic heterocycles. The highest BCUT2D eigenvalue weighted by atomic mass is 15.0. The zero-order chi connectivity index (χ0) is 13.5. The molecule has 4 heteroatoms. The Bertz CT molecular complexity index is 372. The molecule has 1 saturated heterocycles. The van der Waals surface area contributed by atoms with Crippen LogP contribution in [0.1, 0.15) is 50.5 Å². The van der Waals surface area contributed by atoms with Crippen molar-refractivity contribution in [2.45, 2.75) is 64.6 Å². The second kappa shape index (κ2) is 7.56. The monoisotopic (exact) mass is 262 g/mol. The van der Waals surface area contributed by atoms with Crippen molar-refractivity contribution in [3.8, 4) is 0 Å². The number of rotatable bonds is 5. The van der Waals surface area contributed by atoms with E-state index in [1.807, 2.05) is 19.2 Å². The zero-order valence-corrected chi connectivity index (χ0v) is 12.2. The average Bonchev–Trinajstić information content (AvgIpc) is 2.65. The van der Waals surface area contributed by atoms with E-state index < -0.39 is 0 Å². The van der Waals surface area contributed by atoms with Crippen LogP contribution in [0.3, 0.4) is 0 Å². The maximum atomic E-state index is 4.42. The molecule has 106 valence electrons. The molecule has 4 nitrogen and oxygen atoms in total. The van der Waals surface area contributed by atoms with Crippen LogP contribution in [0, 0.1) is 6.92 Å². The third kappa shape index (κ3) is 5.25.